The van der Waals surface area contributed by atoms with Crippen LogP contribution in [0.2, 0.25) is 0 Å². The molecule has 0 amide bonds. The van der Waals surface area contributed by atoms with Crippen molar-refractivity contribution in [3.63, 3.8) is 0 Å². The third kappa shape index (κ3) is 3.35. The van der Waals surface area contributed by atoms with E-state index in [4.69, 9.17) is 4.74 Å². The summed E-state index contributed by atoms with van der Waals surface area (Å²) in [5.41, 5.74) is 0.641. The first kappa shape index (κ1) is 15.4. The molecule has 0 aliphatic carbocycles. The van der Waals surface area contributed by atoms with Crippen LogP contribution in [0.5, 0.6) is 5.75 Å². The van der Waals surface area contributed by atoms with Gasteiger partial charge in [-0.25, -0.2) is 0 Å². The van der Waals surface area contributed by atoms with Crippen molar-refractivity contribution in [1.29, 1.82) is 0 Å². The molecule has 0 unspecified atom stereocenters. The molecule has 0 atom stereocenters. The first-order chi connectivity index (χ1) is 9.95. The molecule has 1 N–H and O–H groups in total. The Morgan fingerprint density at radius 3 is 2.52 bits per heavy atom. The van der Waals surface area contributed by atoms with Crippen molar-refractivity contribution in [2.45, 2.75) is 33.6 Å². The second-order valence-electron chi connectivity index (χ2n) is 5.91. The van der Waals surface area contributed by atoms with Crippen LogP contribution in [0.25, 0.3) is 10.8 Å². The number of rotatable bonds is 5. The van der Waals surface area contributed by atoms with Crippen molar-refractivity contribution in [2.24, 2.45) is 5.41 Å². The van der Waals surface area contributed by atoms with E-state index in [2.05, 4.69) is 0 Å². The second kappa shape index (κ2) is 6.17. The van der Waals surface area contributed by atoms with E-state index >= 15 is 0 Å². The summed E-state index contributed by atoms with van der Waals surface area (Å²) >= 11 is 0. The monoisotopic (exact) mass is 286 g/mol. The van der Waals surface area contributed by atoms with Crippen LogP contribution in [-0.2, 0) is 16.0 Å². The number of hydrogen-bond acceptors (Lipinski definition) is 3. The number of hydrogen-bond donors (Lipinski definition) is 1. The third-order valence-electron chi connectivity index (χ3n) is 4.03. The zero-order valence-corrected chi connectivity index (χ0v) is 12.8. The van der Waals surface area contributed by atoms with Gasteiger partial charge < -0.3 is 9.84 Å². The number of aromatic hydroxyl groups is 1. The number of benzene rings is 2. The van der Waals surface area contributed by atoms with Gasteiger partial charge in [-0.1, -0.05) is 37.3 Å². The van der Waals surface area contributed by atoms with Gasteiger partial charge in [-0.05, 0) is 37.3 Å². The Morgan fingerprint density at radius 2 is 1.81 bits per heavy atom. The lowest BCUT2D eigenvalue weighted by Crippen LogP contribution is -2.26. The quantitative estimate of drug-likeness (QED) is 0.843. The van der Waals surface area contributed by atoms with E-state index in [0.717, 1.165) is 22.8 Å². The van der Waals surface area contributed by atoms with Gasteiger partial charge in [0.1, 0.15) is 5.75 Å². The van der Waals surface area contributed by atoms with Crippen LogP contribution < -0.4 is 0 Å². The van der Waals surface area contributed by atoms with E-state index in [-0.39, 0.29) is 11.7 Å². The normalized spacial score (nSPS) is 11.6. The minimum absolute atomic E-state index is 0.159. The van der Waals surface area contributed by atoms with Crippen molar-refractivity contribution < 1.29 is 14.6 Å². The summed E-state index contributed by atoms with van der Waals surface area (Å²) in [5.74, 6) is 0.117. The highest BCUT2D eigenvalue weighted by Crippen LogP contribution is 2.27. The van der Waals surface area contributed by atoms with Crippen LogP contribution in [-0.4, -0.2) is 17.7 Å². The average molecular weight is 286 g/mol. The number of carbonyl (C=O) groups is 1. The standard InChI is InChI=1S/C18H22O3/c1-4-18(2,3)17(20)21-12-11-13-7-5-9-15-14(13)8-6-10-16(15)19/h5-10,19H,4,11-12H2,1-3H3. The molecular weight excluding hydrogens is 264 g/mol. The molecule has 21 heavy (non-hydrogen) atoms. The van der Waals surface area contributed by atoms with Crippen LogP contribution in [0.15, 0.2) is 36.4 Å². The van der Waals surface area contributed by atoms with Gasteiger partial charge in [-0.15, -0.1) is 0 Å². The summed E-state index contributed by atoms with van der Waals surface area (Å²) in [6.07, 6.45) is 1.40. The first-order valence-electron chi connectivity index (χ1n) is 7.32. The minimum Gasteiger partial charge on any atom is -0.507 e. The highest BCUT2D eigenvalue weighted by Gasteiger charge is 2.26. The maximum Gasteiger partial charge on any atom is 0.311 e. The van der Waals surface area contributed by atoms with Crippen molar-refractivity contribution in [3.8, 4) is 5.75 Å². The molecule has 0 bridgehead atoms. The molecule has 0 fully saturated rings. The molecule has 0 radical (unpaired) electrons. The fraction of sp³-hybridized carbons (Fsp3) is 0.389. The zero-order chi connectivity index (χ0) is 15.5. The van der Waals surface area contributed by atoms with Gasteiger partial charge in [0.25, 0.3) is 0 Å². The van der Waals surface area contributed by atoms with Crippen LogP contribution in [0, 0.1) is 5.41 Å². The summed E-state index contributed by atoms with van der Waals surface area (Å²) in [4.78, 5) is 11.9. The largest absolute Gasteiger partial charge is 0.507 e. The highest BCUT2D eigenvalue weighted by atomic mass is 16.5. The Labute approximate surface area is 125 Å². The van der Waals surface area contributed by atoms with E-state index in [1.807, 2.05) is 51.1 Å². The molecule has 0 heterocycles. The number of ether oxygens (including phenoxy) is 1. The molecule has 2 rings (SSSR count). The Bertz CT molecular complexity index is 644. The molecule has 0 saturated heterocycles. The number of esters is 1. The van der Waals surface area contributed by atoms with E-state index in [1.165, 1.54) is 0 Å². The Kier molecular flexibility index (Phi) is 4.51. The van der Waals surface area contributed by atoms with Gasteiger partial charge in [0.15, 0.2) is 0 Å². The Hall–Kier alpha value is -2.03. The lowest BCUT2D eigenvalue weighted by molar-refractivity contribution is -0.154. The Balaban J connectivity index is 2.08. The van der Waals surface area contributed by atoms with Gasteiger partial charge in [0, 0.05) is 11.8 Å². The Morgan fingerprint density at radius 1 is 1.14 bits per heavy atom. The maximum absolute atomic E-state index is 11.9. The summed E-state index contributed by atoms with van der Waals surface area (Å²) in [6, 6.07) is 11.3. The van der Waals surface area contributed by atoms with Crippen LogP contribution in [0.1, 0.15) is 32.8 Å². The molecular formula is C18H22O3. The van der Waals surface area contributed by atoms with E-state index < -0.39 is 5.41 Å². The molecule has 0 aliphatic rings. The van der Waals surface area contributed by atoms with Gasteiger partial charge in [0.05, 0.1) is 12.0 Å². The van der Waals surface area contributed by atoms with Gasteiger partial charge >= 0.3 is 5.97 Å². The molecule has 2 aromatic carbocycles. The van der Waals surface area contributed by atoms with E-state index in [9.17, 15) is 9.90 Å². The topological polar surface area (TPSA) is 46.5 Å². The predicted octanol–water partition coefficient (Wildman–Crippen LogP) is 4.07. The lowest BCUT2D eigenvalue weighted by atomic mass is 9.91. The van der Waals surface area contributed by atoms with Gasteiger partial charge in [-0.2, -0.15) is 0 Å². The summed E-state index contributed by atoms with van der Waals surface area (Å²) < 4.78 is 5.38. The smallest absolute Gasteiger partial charge is 0.311 e. The third-order valence-corrected chi connectivity index (χ3v) is 4.03. The average Bonchev–Trinajstić information content (AvgIpc) is 2.48. The fourth-order valence-electron chi connectivity index (χ4n) is 2.17. The molecule has 0 aromatic heterocycles. The lowest BCUT2D eigenvalue weighted by Gasteiger charge is -2.20. The molecule has 3 heteroatoms. The SMILES string of the molecule is CCC(C)(C)C(=O)OCCc1cccc2c(O)cccc12. The fourth-order valence-corrected chi connectivity index (χ4v) is 2.17. The van der Waals surface area contributed by atoms with Crippen molar-refractivity contribution >= 4 is 16.7 Å². The predicted molar refractivity (Wildman–Crippen MR) is 84.3 cm³/mol. The first-order valence-corrected chi connectivity index (χ1v) is 7.32. The number of fused-ring (bicyclic) bond motifs is 1. The number of phenols is 1. The number of carbonyl (C=O) groups excluding carboxylic acids is 1. The molecule has 0 saturated carbocycles. The van der Waals surface area contributed by atoms with Crippen LogP contribution in [0.4, 0.5) is 0 Å². The maximum atomic E-state index is 11.9. The van der Waals surface area contributed by atoms with Crippen LogP contribution >= 0.6 is 0 Å². The van der Waals surface area contributed by atoms with Crippen molar-refractivity contribution in [2.75, 3.05) is 6.61 Å². The minimum atomic E-state index is -0.434. The zero-order valence-electron chi connectivity index (χ0n) is 12.8. The molecule has 2 aromatic rings. The van der Waals surface area contributed by atoms with Crippen molar-refractivity contribution in [1.82, 2.24) is 0 Å². The van der Waals surface area contributed by atoms with E-state index in [1.54, 1.807) is 6.07 Å². The van der Waals surface area contributed by atoms with Gasteiger partial charge in [-0.3, -0.25) is 4.79 Å². The molecule has 112 valence electrons. The molecule has 0 aliphatic heterocycles. The number of phenolic OH excluding ortho intramolecular Hbond substituents is 1. The summed E-state index contributed by atoms with van der Waals surface area (Å²) in [7, 11) is 0. The second-order valence-corrected chi connectivity index (χ2v) is 5.91. The van der Waals surface area contributed by atoms with Gasteiger partial charge in [0.2, 0.25) is 0 Å². The summed E-state index contributed by atoms with van der Waals surface area (Å²) in [5, 5.41) is 11.7. The van der Waals surface area contributed by atoms with E-state index in [0.29, 0.717) is 13.0 Å². The highest BCUT2D eigenvalue weighted by molar-refractivity contribution is 5.90. The molecule has 0 spiro atoms. The molecule has 3 nitrogen and oxygen atoms in total. The van der Waals surface area contributed by atoms with Crippen molar-refractivity contribution in [3.05, 3.63) is 42.0 Å². The summed E-state index contributed by atoms with van der Waals surface area (Å²) in [6.45, 7) is 6.13. The van der Waals surface area contributed by atoms with Crippen LogP contribution in [0.3, 0.4) is 0 Å².